The van der Waals surface area contributed by atoms with Crippen LogP contribution in [0.25, 0.3) is 0 Å². The minimum Gasteiger partial charge on any atom is -0.491 e. The van der Waals surface area contributed by atoms with Gasteiger partial charge in [0.1, 0.15) is 23.7 Å². The maximum absolute atomic E-state index is 12.6. The van der Waals surface area contributed by atoms with Crippen LogP contribution in [0.5, 0.6) is 5.75 Å². The molecule has 1 atom stereocenters. The van der Waals surface area contributed by atoms with Gasteiger partial charge in [-0.2, -0.15) is 0 Å². The molecule has 2 heterocycles. The number of amides is 1. The van der Waals surface area contributed by atoms with Gasteiger partial charge in [-0.3, -0.25) is 9.78 Å². The third-order valence-electron chi connectivity index (χ3n) is 4.71. The van der Waals surface area contributed by atoms with Crippen LogP contribution >= 0.6 is 0 Å². The summed E-state index contributed by atoms with van der Waals surface area (Å²) >= 11 is 0. The van der Waals surface area contributed by atoms with Crippen molar-refractivity contribution in [3.8, 4) is 5.75 Å². The molecule has 1 aliphatic heterocycles. The average Bonchev–Trinajstić information content (AvgIpc) is 2.63. The number of nitrogens with zero attached hydrogens (tertiary/aromatic N) is 2. The quantitative estimate of drug-likeness (QED) is 0.930. The molecule has 3 rings (SSSR count). The summed E-state index contributed by atoms with van der Waals surface area (Å²) < 4.78 is 5.81. The number of carbonyl (C=O) groups is 1. The Morgan fingerprint density at radius 1 is 1.28 bits per heavy atom. The lowest BCUT2D eigenvalue weighted by Crippen LogP contribution is -2.53. The van der Waals surface area contributed by atoms with Gasteiger partial charge in [-0.1, -0.05) is 12.1 Å². The number of rotatable bonds is 4. The molecule has 1 aromatic carbocycles. The Morgan fingerprint density at radius 3 is 2.84 bits per heavy atom. The zero-order chi connectivity index (χ0) is 17.9. The zero-order valence-corrected chi connectivity index (χ0v) is 14.7. The van der Waals surface area contributed by atoms with Crippen LogP contribution in [0.3, 0.4) is 0 Å². The summed E-state index contributed by atoms with van der Waals surface area (Å²) in [5, 5.41) is 10.9. The molecule has 25 heavy (non-hydrogen) atoms. The molecule has 0 bridgehead atoms. The van der Waals surface area contributed by atoms with Gasteiger partial charge in [-0.25, -0.2) is 0 Å². The van der Waals surface area contributed by atoms with Gasteiger partial charge in [0, 0.05) is 12.7 Å². The Balaban J connectivity index is 1.64. The molecule has 1 aromatic heterocycles. The van der Waals surface area contributed by atoms with E-state index in [1.807, 2.05) is 25.1 Å². The Kier molecular flexibility index (Phi) is 5.04. The molecule has 0 radical (unpaired) electrons. The first kappa shape index (κ1) is 17.4. The predicted molar refractivity (Wildman–Crippen MR) is 95.7 cm³/mol. The van der Waals surface area contributed by atoms with Crippen LogP contribution in [0.4, 0.5) is 0 Å². The Morgan fingerprint density at radius 2 is 2.12 bits per heavy atom. The standard InChI is InChI=1S/C20H24N2O3/c1-15-7-8-17(12-16(15)2)25-14-20(24)9-5-11-22(13-20)19(23)18-6-3-4-10-21-18/h3-4,6-8,10,12,24H,5,9,11,13-14H2,1-2H3. The van der Waals surface area contributed by atoms with Crippen LogP contribution in [0.1, 0.15) is 34.5 Å². The van der Waals surface area contributed by atoms with E-state index in [0.717, 1.165) is 17.7 Å². The molecule has 1 N–H and O–H groups in total. The van der Waals surface area contributed by atoms with E-state index < -0.39 is 5.60 Å². The second-order valence-corrected chi connectivity index (χ2v) is 6.80. The summed E-state index contributed by atoms with van der Waals surface area (Å²) in [6, 6.07) is 11.2. The van der Waals surface area contributed by atoms with Crippen LogP contribution in [-0.4, -0.2) is 46.2 Å². The molecule has 1 saturated heterocycles. The van der Waals surface area contributed by atoms with Crippen molar-refractivity contribution in [2.24, 2.45) is 0 Å². The second kappa shape index (κ2) is 7.23. The first-order valence-corrected chi connectivity index (χ1v) is 8.60. The Hall–Kier alpha value is -2.40. The fraction of sp³-hybridized carbons (Fsp3) is 0.400. The maximum atomic E-state index is 12.6. The third-order valence-corrected chi connectivity index (χ3v) is 4.71. The summed E-state index contributed by atoms with van der Waals surface area (Å²) in [6.07, 6.45) is 2.96. The molecular weight excluding hydrogens is 316 g/mol. The second-order valence-electron chi connectivity index (χ2n) is 6.80. The topological polar surface area (TPSA) is 62.7 Å². The minimum absolute atomic E-state index is 0.148. The van der Waals surface area contributed by atoms with Gasteiger partial charge in [0.15, 0.2) is 0 Å². The van der Waals surface area contributed by atoms with Crippen molar-refractivity contribution in [3.05, 3.63) is 59.4 Å². The highest BCUT2D eigenvalue weighted by atomic mass is 16.5. The molecule has 0 aliphatic carbocycles. The van der Waals surface area contributed by atoms with E-state index in [1.165, 1.54) is 5.56 Å². The van der Waals surface area contributed by atoms with Crippen LogP contribution in [0.15, 0.2) is 42.6 Å². The lowest BCUT2D eigenvalue weighted by Gasteiger charge is -2.38. The average molecular weight is 340 g/mol. The number of aliphatic hydroxyl groups is 1. The smallest absolute Gasteiger partial charge is 0.272 e. The number of carbonyl (C=O) groups excluding carboxylic acids is 1. The zero-order valence-electron chi connectivity index (χ0n) is 14.7. The van der Waals surface area contributed by atoms with Crippen LogP contribution in [-0.2, 0) is 0 Å². The van der Waals surface area contributed by atoms with Crippen LogP contribution in [0.2, 0.25) is 0 Å². The molecule has 1 unspecified atom stereocenters. The van der Waals surface area contributed by atoms with Crippen molar-refractivity contribution in [2.75, 3.05) is 19.7 Å². The van der Waals surface area contributed by atoms with E-state index in [1.54, 1.807) is 29.3 Å². The molecule has 1 amide bonds. The third kappa shape index (κ3) is 4.17. The van der Waals surface area contributed by atoms with E-state index in [0.29, 0.717) is 18.7 Å². The summed E-state index contributed by atoms with van der Waals surface area (Å²) in [5.41, 5.74) is 1.72. The molecule has 2 aromatic rings. The number of β-amino-alcohol motifs (C(OH)–C–C–N with tert-alkyl or cyclic N) is 1. The first-order valence-electron chi connectivity index (χ1n) is 8.60. The van der Waals surface area contributed by atoms with Crippen LogP contribution < -0.4 is 4.74 Å². The number of aryl methyl sites for hydroxylation is 2. The lowest BCUT2D eigenvalue weighted by atomic mass is 9.93. The van der Waals surface area contributed by atoms with Gasteiger partial charge < -0.3 is 14.7 Å². The molecule has 132 valence electrons. The summed E-state index contributed by atoms with van der Waals surface area (Å²) in [4.78, 5) is 18.3. The summed E-state index contributed by atoms with van der Waals surface area (Å²) in [6.45, 7) is 5.13. The molecule has 1 aliphatic rings. The number of hydrogen-bond acceptors (Lipinski definition) is 4. The summed E-state index contributed by atoms with van der Waals surface area (Å²) in [5.74, 6) is 0.592. The summed E-state index contributed by atoms with van der Waals surface area (Å²) in [7, 11) is 0. The van der Waals surface area contributed by atoms with Crippen molar-refractivity contribution >= 4 is 5.91 Å². The van der Waals surface area contributed by atoms with Crippen molar-refractivity contribution in [2.45, 2.75) is 32.3 Å². The highest BCUT2D eigenvalue weighted by molar-refractivity contribution is 5.92. The van der Waals surface area contributed by atoms with Crippen molar-refractivity contribution in [1.29, 1.82) is 0 Å². The highest BCUT2D eigenvalue weighted by Crippen LogP contribution is 2.25. The Bertz CT molecular complexity index is 748. The van der Waals surface area contributed by atoms with E-state index >= 15 is 0 Å². The number of hydrogen-bond donors (Lipinski definition) is 1. The van der Waals surface area contributed by atoms with Gasteiger partial charge in [-0.05, 0) is 62.1 Å². The number of benzene rings is 1. The normalized spacial score (nSPS) is 20.4. The number of aromatic nitrogens is 1. The van der Waals surface area contributed by atoms with Gasteiger partial charge >= 0.3 is 0 Å². The van der Waals surface area contributed by atoms with Gasteiger partial charge in [0.05, 0.1) is 6.54 Å². The fourth-order valence-corrected chi connectivity index (χ4v) is 3.08. The van der Waals surface area contributed by atoms with Gasteiger partial charge in [0.2, 0.25) is 0 Å². The molecule has 1 fully saturated rings. The number of ether oxygens (including phenoxy) is 1. The first-order chi connectivity index (χ1) is 12.0. The SMILES string of the molecule is Cc1ccc(OCC2(O)CCCN(C(=O)c3ccccn3)C2)cc1C. The highest BCUT2D eigenvalue weighted by Gasteiger charge is 2.36. The predicted octanol–water partition coefficient (Wildman–Crippen LogP) is 2.74. The van der Waals surface area contributed by atoms with Crippen molar-refractivity contribution in [1.82, 2.24) is 9.88 Å². The molecule has 5 nitrogen and oxygen atoms in total. The largest absolute Gasteiger partial charge is 0.491 e. The van der Waals surface area contributed by atoms with E-state index in [2.05, 4.69) is 11.9 Å². The minimum atomic E-state index is -1.04. The molecule has 0 saturated carbocycles. The van der Waals surface area contributed by atoms with Crippen molar-refractivity contribution in [3.63, 3.8) is 0 Å². The van der Waals surface area contributed by atoms with Crippen molar-refractivity contribution < 1.29 is 14.6 Å². The monoisotopic (exact) mass is 340 g/mol. The Labute approximate surface area is 148 Å². The lowest BCUT2D eigenvalue weighted by molar-refractivity contribution is -0.0533. The molecule has 0 spiro atoms. The number of piperidine rings is 1. The number of likely N-dealkylation sites (tertiary alicyclic amines) is 1. The van der Waals surface area contributed by atoms with E-state index in [-0.39, 0.29) is 19.1 Å². The molecular formula is C20H24N2O3. The van der Waals surface area contributed by atoms with E-state index in [9.17, 15) is 9.90 Å². The van der Waals surface area contributed by atoms with E-state index in [4.69, 9.17) is 4.74 Å². The van der Waals surface area contributed by atoms with Crippen LogP contribution in [0, 0.1) is 13.8 Å². The van der Waals surface area contributed by atoms with Gasteiger partial charge in [-0.15, -0.1) is 0 Å². The van der Waals surface area contributed by atoms with Gasteiger partial charge in [0.25, 0.3) is 5.91 Å². The maximum Gasteiger partial charge on any atom is 0.272 e. The number of pyridine rings is 1. The molecule has 5 heteroatoms. The fourth-order valence-electron chi connectivity index (χ4n) is 3.08.